The maximum absolute atomic E-state index is 15.3. The van der Waals surface area contributed by atoms with E-state index in [1.54, 1.807) is 91.3 Å². The summed E-state index contributed by atoms with van der Waals surface area (Å²) in [5.41, 5.74) is 36.9. The highest BCUT2D eigenvalue weighted by atomic mass is 32.1. The Kier molecular flexibility index (Phi) is 37.4. The van der Waals surface area contributed by atoms with E-state index in [0.717, 1.165) is 0 Å². The number of nitrogens with two attached hydrogens (primary N) is 6. The summed E-state index contributed by atoms with van der Waals surface area (Å²) in [7, 11) is 0. The number of fused-ring (bicyclic) bond motifs is 2. The van der Waals surface area contributed by atoms with Crippen LogP contribution in [0.15, 0.2) is 116 Å². The Balaban J connectivity index is 1.30. The van der Waals surface area contributed by atoms with Crippen LogP contribution in [0, 0.1) is 10.8 Å². The number of thiol groups is 2. The normalized spacial score (nSPS) is 14.2. The fraction of sp³-hybridized carbons (Fsp3) is 0.427. The van der Waals surface area contributed by atoms with Crippen molar-refractivity contribution in [3.05, 3.63) is 138 Å². The highest BCUT2D eigenvalue weighted by Gasteiger charge is 2.38. The average molecular weight is 1630 g/mol. The molecular weight excluding hydrogens is 1530 g/mol. The van der Waals surface area contributed by atoms with Crippen LogP contribution in [-0.4, -0.2) is 219 Å². The topological polar surface area (TPSA) is 654 Å². The molecule has 38 nitrogen and oxygen atoms in total. The molecule has 40 heteroatoms. The fourth-order valence-electron chi connectivity index (χ4n) is 12.2. The van der Waals surface area contributed by atoms with E-state index in [1.807, 2.05) is 0 Å². The number of amides is 13. The van der Waals surface area contributed by atoms with Gasteiger partial charge in [0.1, 0.15) is 66.2 Å². The number of hydrogen-bond acceptors (Lipinski definition) is 21. The number of rotatable bonds is 49. The molecule has 622 valence electrons. The summed E-state index contributed by atoms with van der Waals surface area (Å²) in [5.74, 6) is -13.8. The van der Waals surface area contributed by atoms with Gasteiger partial charge in [-0.3, -0.25) is 73.1 Å². The highest BCUT2D eigenvalue weighted by Crippen LogP contribution is 2.23. The number of aliphatic hydroxyl groups is 1. The maximum atomic E-state index is 15.3. The summed E-state index contributed by atoms with van der Waals surface area (Å²) in [6, 6.07) is 11.3. The molecule has 0 bridgehead atoms. The molecule has 2 heterocycles. The Labute approximate surface area is 673 Å². The van der Waals surface area contributed by atoms with Gasteiger partial charge in [-0.1, -0.05) is 78.9 Å². The Morgan fingerprint density at radius 1 is 0.417 bits per heavy atom. The van der Waals surface area contributed by atoms with Crippen LogP contribution in [0.2, 0.25) is 0 Å². The summed E-state index contributed by atoms with van der Waals surface area (Å²) < 4.78 is 0. The number of aliphatic hydroxyl groups excluding tert-OH is 1. The SMILES string of the molecule is C[C@@H](O)[C@H](NC(=O)[C@H](CCCNC(=N)N)NC(=O)[C@@H](N)CS)C(=O)N[C@@H](Cc1c[nH]c2ccccc12)C(=O)N[C@@H](CCC(N)=O)C(=O)N[C@@H](CS)C(=O)N[C@@H](Cc1ccc(O)cc1)C(=O)N[C@@H](Cc1c[nH]c2ccccc12)C(=O)N[C@@H](CCCNC(=N)N)C(=O)N[C@@H](CCCCN)C(=O)N[C@@H](Cc1ccccc1)C(=O)NCC(N)=O. The van der Waals surface area contributed by atoms with Gasteiger partial charge in [0.05, 0.1) is 18.7 Å². The number of guanidine groups is 2. The van der Waals surface area contributed by atoms with Crippen molar-refractivity contribution >= 4 is 136 Å². The van der Waals surface area contributed by atoms with Gasteiger partial charge in [-0.15, -0.1) is 0 Å². The molecule has 0 saturated carbocycles. The molecule has 0 aliphatic carbocycles. The molecule has 0 saturated heterocycles. The minimum Gasteiger partial charge on any atom is -0.508 e. The van der Waals surface area contributed by atoms with E-state index in [0.29, 0.717) is 56.9 Å². The largest absolute Gasteiger partial charge is 0.508 e. The van der Waals surface area contributed by atoms with Crippen LogP contribution >= 0.6 is 25.3 Å². The van der Waals surface area contributed by atoms with E-state index in [4.69, 9.17) is 45.2 Å². The first kappa shape index (κ1) is 91.9. The minimum atomic E-state index is -1.82. The van der Waals surface area contributed by atoms with Crippen molar-refractivity contribution in [3.8, 4) is 5.75 Å². The van der Waals surface area contributed by atoms with Gasteiger partial charge in [-0.05, 0) is 111 Å². The number of phenolic OH excluding ortho intramolecular Hbond substituents is 1. The summed E-state index contributed by atoms with van der Waals surface area (Å²) >= 11 is 8.46. The molecule has 4 aromatic carbocycles. The lowest BCUT2D eigenvalue weighted by atomic mass is 10.0. The number of para-hydroxylation sites is 2. The van der Waals surface area contributed by atoms with E-state index in [2.05, 4.69) is 104 Å². The van der Waals surface area contributed by atoms with Gasteiger partial charge in [-0.25, -0.2) is 0 Å². The molecule has 0 aliphatic rings. The van der Waals surface area contributed by atoms with Crippen LogP contribution in [0.1, 0.15) is 87.0 Å². The third-order valence-corrected chi connectivity index (χ3v) is 19.1. The second-order valence-electron chi connectivity index (χ2n) is 27.4. The first-order valence-electron chi connectivity index (χ1n) is 37.2. The molecule has 31 N–H and O–H groups in total. The van der Waals surface area contributed by atoms with Gasteiger partial charge in [0.25, 0.3) is 0 Å². The zero-order chi connectivity index (χ0) is 84.3. The molecule has 6 aromatic rings. The Hall–Kier alpha value is -12.0. The first-order chi connectivity index (χ1) is 54.9. The Morgan fingerprint density at radius 2 is 0.800 bits per heavy atom. The lowest BCUT2D eigenvalue weighted by Gasteiger charge is -2.29. The summed E-state index contributed by atoms with van der Waals surface area (Å²) in [5, 5.41) is 71.7. The van der Waals surface area contributed by atoms with Gasteiger partial charge in [-0.2, -0.15) is 25.3 Å². The quantitative estimate of drug-likeness (QED) is 0.00742. The number of carbonyl (C=O) groups excluding carboxylic acids is 13. The van der Waals surface area contributed by atoms with Gasteiger partial charge in [0.2, 0.25) is 76.8 Å². The number of carbonyl (C=O) groups is 13. The van der Waals surface area contributed by atoms with Gasteiger partial charge < -0.3 is 124 Å². The smallest absolute Gasteiger partial charge is 0.245 e. The molecule has 0 radical (unpaired) electrons. The Bertz CT molecular complexity index is 4340. The number of benzene rings is 4. The van der Waals surface area contributed by atoms with Crippen molar-refractivity contribution in [1.29, 1.82) is 10.8 Å². The average Bonchev–Trinajstić information content (AvgIpc) is 1.71. The molecule has 0 aliphatic heterocycles. The number of primary amides is 2. The number of nitrogens with one attached hydrogen (secondary N) is 17. The third kappa shape index (κ3) is 30.5. The monoisotopic (exact) mass is 1630 g/mol. The molecular formula is C75H105N23O15S2. The second kappa shape index (κ2) is 46.9. The predicted molar refractivity (Wildman–Crippen MR) is 434 cm³/mol. The maximum Gasteiger partial charge on any atom is 0.245 e. The van der Waals surface area contributed by atoms with Crippen molar-refractivity contribution in [2.45, 2.75) is 163 Å². The predicted octanol–water partition coefficient (Wildman–Crippen LogP) is -4.44. The van der Waals surface area contributed by atoms with E-state index in [-0.39, 0.29) is 94.9 Å². The molecule has 0 spiro atoms. The zero-order valence-electron chi connectivity index (χ0n) is 63.4. The van der Waals surface area contributed by atoms with Gasteiger partial charge >= 0.3 is 0 Å². The molecule has 6 rings (SSSR count). The molecule has 115 heavy (non-hydrogen) atoms. The summed E-state index contributed by atoms with van der Waals surface area (Å²) in [6.07, 6.45) is 0.127. The van der Waals surface area contributed by atoms with Crippen molar-refractivity contribution < 1.29 is 72.5 Å². The number of aromatic hydroxyl groups is 1. The first-order valence-corrected chi connectivity index (χ1v) is 38.5. The standard InChI is InChI=1S/C75H105N23O15S2/c1-40(99)62(98-68(108)53(21-12-30-85-75(82)83)89-63(103)48(77)38-114)73(113)96-58(34-44-36-87-50-18-8-6-16-47(44)50)71(111)92-54(26-27-60(78)101)67(107)97-59(39-115)72(112)94-56(32-42-22-24-45(100)25-23-42)69(109)95-57(33-43-35-86-49-17-7-5-15-46(43)49)70(110)91-52(20-11-29-84-74(80)81)65(105)90-51(19-9-10-28-76)66(106)93-55(64(104)88-37-61(79)102)31-41-13-3-2-4-14-41/h2-8,13-18,22-25,35-36,40,48,51-59,62,86-87,99-100,114-115H,9-12,19-21,26-34,37-39,76-77H2,1H3,(H2,78,101)(H2,79,102)(H,88,104)(H,89,103)(H,90,105)(H,91,110)(H,92,111)(H,93,106)(H,94,112)(H,95,109)(H,96,113)(H,97,107)(H,98,108)(H4,80,81,84)(H4,82,83,85)/t40-,48+,51+,52+,53+,54+,55+,56+,57+,58+,59+,62+/m1/s1. The van der Waals surface area contributed by atoms with Gasteiger partial charge in [0, 0.05) is 90.9 Å². The number of aromatic amines is 2. The molecule has 0 fully saturated rings. The molecule has 13 amide bonds. The summed E-state index contributed by atoms with van der Waals surface area (Å²) in [6.45, 7) is 0.959. The van der Waals surface area contributed by atoms with E-state index in [1.165, 1.54) is 31.2 Å². The lowest BCUT2D eigenvalue weighted by Crippen LogP contribution is -2.62. The minimum absolute atomic E-state index is 0.0148. The van der Waals surface area contributed by atoms with Crippen LogP contribution in [0.3, 0.4) is 0 Å². The van der Waals surface area contributed by atoms with Crippen molar-refractivity contribution in [3.63, 3.8) is 0 Å². The zero-order valence-corrected chi connectivity index (χ0v) is 65.2. The van der Waals surface area contributed by atoms with E-state index >= 15 is 9.59 Å². The number of H-pyrrole nitrogens is 2. The third-order valence-electron chi connectivity index (χ3n) is 18.4. The van der Waals surface area contributed by atoms with Crippen molar-refractivity contribution in [2.24, 2.45) is 34.4 Å². The van der Waals surface area contributed by atoms with Crippen molar-refractivity contribution in [2.75, 3.05) is 37.7 Å². The number of hydrogen-bond donors (Lipinski definition) is 27. The van der Waals surface area contributed by atoms with Crippen LogP contribution in [-0.2, 0) is 88.0 Å². The number of phenols is 1. The van der Waals surface area contributed by atoms with E-state index in [9.17, 15) is 63.0 Å². The highest BCUT2D eigenvalue weighted by molar-refractivity contribution is 7.80. The van der Waals surface area contributed by atoms with Crippen LogP contribution in [0.25, 0.3) is 21.8 Å². The van der Waals surface area contributed by atoms with Crippen LogP contribution < -0.4 is 104 Å². The molecule has 0 unspecified atom stereocenters. The molecule has 12 atom stereocenters. The van der Waals surface area contributed by atoms with Crippen LogP contribution in [0.5, 0.6) is 5.75 Å². The second-order valence-corrected chi connectivity index (χ2v) is 28.1. The fourth-order valence-corrected chi connectivity index (χ4v) is 12.6. The summed E-state index contributed by atoms with van der Waals surface area (Å²) in [4.78, 5) is 190. The number of unbranched alkanes of at least 4 members (excludes halogenated alkanes) is 1. The Morgan fingerprint density at radius 3 is 1.24 bits per heavy atom. The lowest BCUT2D eigenvalue weighted by molar-refractivity contribution is -0.137. The van der Waals surface area contributed by atoms with Crippen LogP contribution in [0.4, 0.5) is 0 Å². The van der Waals surface area contributed by atoms with Gasteiger partial charge in [0.15, 0.2) is 11.9 Å². The van der Waals surface area contributed by atoms with Crippen molar-refractivity contribution in [1.82, 2.24) is 79.1 Å². The number of aromatic nitrogens is 2. The molecule has 2 aromatic heterocycles. The van der Waals surface area contributed by atoms with E-state index < -0.39 is 180 Å².